The van der Waals surface area contributed by atoms with Crippen molar-refractivity contribution in [2.75, 3.05) is 5.32 Å². The maximum absolute atomic E-state index is 6.15. The molecule has 0 spiro atoms. The van der Waals surface area contributed by atoms with E-state index in [9.17, 15) is 0 Å². The predicted octanol–water partition coefficient (Wildman–Crippen LogP) is 5.54. The lowest BCUT2D eigenvalue weighted by Crippen LogP contribution is -2.05. The summed E-state index contributed by atoms with van der Waals surface area (Å²) in [7, 11) is 0. The lowest BCUT2D eigenvalue weighted by atomic mass is 10.2. The van der Waals surface area contributed by atoms with Gasteiger partial charge in [-0.15, -0.1) is 11.3 Å². The largest absolute Gasteiger partial charge is 0.376 e. The van der Waals surface area contributed by atoms with Gasteiger partial charge in [0.1, 0.15) is 0 Å². The van der Waals surface area contributed by atoms with Gasteiger partial charge in [0.25, 0.3) is 0 Å². The van der Waals surface area contributed by atoms with Crippen molar-refractivity contribution in [1.82, 2.24) is 0 Å². The van der Waals surface area contributed by atoms with Crippen LogP contribution in [0.2, 0.25) is 9.36 Å². The normalized spacial score (nSPS) is 12.5. The number of halogens is 2. The number of hydrogen-bond donors (Lipinski definition) is 1. The van der Waals surface area contributed by atoms with Gasteiger partial charge < -0.3 is 5.32 Å². The maximum atomic E-state index is 6.15. The average molecular weight is 286 g/mol. The first kappa shape index (κ1) is 12.7. The van der Waals surface area contributed by atoms with E-state index in [1.807, 2.05) is 37.3 Å². The maximum Gasteiger partial charge on any atom is 0.0932 e. The van der Waals surface area contributed by atoms with Gasteiger partial charge in [0.15, 0.2) is 0 Å². The summed E-state index contributed by atoms with van der Waals surface area (Å²) in [5, 5.41) is 4.14. The molecule has 0 saturated carbocycles. The lowest BCUT2D eigenvalue weighted by molar-refractivity contribution is 0.908. The van der Waals surface area contributed by atoms with Crippen molar-refractivity contribution in [2.45, 2.75) is 19.9 Å². The fourth-order valence-corrected chi connectivity index (χ4v) is 2.85. The van der Waals surface area contributed by atoms with E-state index in [-0.39, 0.29) is 6.04 Å². The zero-order valence-electron chi connectivity index (χ0n) is 9.63. The molecule has 0 saturated heterocycles. The Morgan fingerprint density at radius 2 is 1.94 bits per heavy atom. The van der Waals surface area contributed by atoms with Crippen molar-refractivity contribution in [3.05, 3.63) is 50.1 Å². The minimum absolute atomic E-state index is 0.201. The zero-order chi connectivity index (χ0) is 12.4. The standard InChI is InChI=1S/C13H13Cl2NS/c1-8-3-4-10(14)11(7-8)16-9(2)12-5-6-13(15)17-12/h3-7,9,16H,1-2H3. The van der Waals surface area contributed by atoms with Crippen LogP contribution in [-0.2, 0) is 0 Å². The van der Waals surface area contributed by atoms with Crippen LogP contribution in [0.15, 0.2) is 30.3 Å². The summed E-state index contributed by atoms with van der Waals surface area (Å²) in [5.74, 6) is 0. The van der Waals surface area contributed by atoms with Gasteiger partial charge >= 0.3 is 0 Å². The van der Waals surface area contributed by atoms with Crippen molar-refractivity contribution in [3.63, 3.8) is 0 Å². The number of hydrogen-bond acceptors (Lipinski definition) is 2. The SMILES string of the molecule is Cc1ccc(Cl)c(NC(C)c2ccc(Cl)s2)c1. The van der Waals surface area contributed by atoms with Gasteiger partial charge in [-0.1, -0.05) is 29.3 Å². The third-order valence-electron chi connectivity index (χ3n) is 2.51. The van der Waals surface area contributed by atoms with E-state index >= 15 is 0 Å². The molecule has 1 heterocycles. The fraction of sp³-hybridized carbons (Fsp3) is 0.231. The Morgan fingerprint density at radius 1 is 1.18 bits per heavy atom. The number of rotatable bonds is 3. The zero-order valence-corrected chi connectivity index (χ0v) is 12.0. The number of thiophene rings is 1. The van der Waals surface area contributed by atoms with Crippen molar-refractivity contribution < 1.29 is 0 Å². The quantitative estimate of drug-likeness (QED) is 0.781. The highest BCUT2D eigenvalue weighted by atomic mass is 35.5. The Bertz CT molecular complexity index is 522. The van der Waals surface area contributed by atoms with E-state index in [1.165, 1.54) is 10.4 Å². The van der Waals surface area contributed by atoms with Gasteiger partial charge in [-0.05, 0) is 43.7 Å². The Balaban J connectivity index is 2.18. The summed E-state index contributed by atoms with van der Waals surface area (Å²) < 4.78 is 0.809. The Labute approximate surface area is 115 Å². The summed E-state index contributed by atoms with van der Waals surface area (Å²) in [6.07, 6.45) is 0. The minimum atomic E-state index is 0.201. The van der Waals surface area contributed by atoms with E-state index in [2.05, 4.69) is 12.2 Å². The molecule has 17 heavy (non-hydrogen) atoms. The highest BCUT2D eigenvalue weighted by Gasteiger charge is 2.09. The molecule has 0 aliphatic rings. The third kappa shape index (κ3) is 3.15. The summed E-state index contributed by atoms with van der Waals surface area (Å²) in [4.78, 5) is 1.20. The molecule has 2 rings (SSSR count). The monoisotopic (exact) mass is 285 g/mol. The summed E-state index contributed by atoms with van der Waals surface area (Å²) >= 11 is 13.7. The van der Waals surface area contributed by atoms with Crippen LogP contribution in [0.25, 0.3) is 0 Å². The van der Waals surface area contributed by atoms with Crippen LogP contribution < -0.4 is 5.32 Å². The molecule has 0 aliphatic carbocycles. The molecule has 1 N–H and O–H groups in total. The predicted molar refractivity (Wildman–Crippen MR) is 77.6 cm³/mol. The van der Waals surface area contributed by atoms with E-state index in [0.717, 1.165) is 15.0 Å². The number of aryl methyl sites for hydroxylation is 1. The molecule has 90 valence electrons. The molecule has 0 bridgehead atoms. The minimum Gasteiger partial charge on any atom is -0.376 e. The number of benzene rings is 1. The van der Waals surface area contributed by atoms with Crippen molar-refractivity contribution in [1.29, 1.82) is 0 Å². The van der Waals surface area contributed by atoms with Gasteiger partial charge in [0.05, 0.1) is 21.1 Å². The van der Waals surface area contributed by atoms with Crippen LogP contribution in [-0.4, -0.2) is 0 Å². The van der Waals surface area contributed by atoms with E-state index in [1.54, 1.807) is 11.3 Å². The van der Waals surface area contributed by atoms with Crippen LogP contribution in [0.1, 0.15) is 23.4 Å². The third-order valence-corrected chi connectivity index (χ3v) is 4.26. The van der Waals surface area contributed by atoms with Crippen LogP contribution in [0.5, 0.6) is 0 Å². The Hall–Kier alpha value is -0.700. The van der Waals surface area contributed by atoms with E-state index in [4.69, 9.17) is 23.2 Å². The number of nitrogens with one attached hydrogen (secondary N) is 1. The van der Waals surface area contributed by atoms with Crippen LogP contribution in [0, 0.1) is 6.92 Å². The van der Waals surface area contributed by atoms with Crippen LogP contribution >= 0.6 is 34.5 Å². The second-order valence-corrected chi connectivity index (χ2v) is 6.15. The van der Waals surface area contributed by atoms with Crippen molar-refractivity contribution in [3.8, 4) is 0 Å². The second-order valence-electron chi connectivity index (χ2n) is 3.99. The van der Waals surface area contributed by atoms with Crippen LogP contribution in [0.3, 0.4) is 0 Å². The van der Waals surface area contributed by atoms with Gasteiger partial charge in [-0.2, -0.15) is 0 Å². The van der Waals surface area contributed by atoms with Crippen molar-refractivity contribution in [2.24, 2.45) is 0 Å². The molecule has 1 unspecified atom stereocenters. The van der Waals surface area contributed by atoms with Gasteiger partial charge in [-0.25, -0.2) is 0 Å². The molecular weight excluding hydrogens is 273 g/mol. The summed E-state index contributed by atoms with van der Waals surface area (Å²) in [5.41, 5.74) is 2.15. The molecule has 1 nitrogen and oxygen atoms in total. The molecule has 0 amide bonds. The first-order valence-electron chi connectivity index (χ1n) is 5.34. The molecule has 0 radical (unpaired) electrons. The molecule has 4 heteroatoms. The molecule has 1 aromatic heterocycles. The first-order chi connectivity index (χ1) is 8.06. The molecular formula is C13H13Cl2NS. The highest BCUT2D eigenvalue weighted by molar-refractivity contribution is 7.16. The second kappa shape index (κ2) is 5.30. The van der Waals surface area contributed by atoms with E-state index < -0.39 is 0 Å². The molecule has 1 aromatic carbocycles. The topological polar surface area (TPSA) is 12.0 Å². The summed E-state index contributed by atoms with van der Waals surface area (Å²) in [6.45, 7) is 4.15. The summed E-state index contributed by atoms with van der Waals surface area (Å²) in [6, 6.07) is 10.1. The lowest BCUT2D eigenvalue weighted by Gasteiger charge is -2.15. The molecule has 2 aromatic rings. The van der Waals surface area contributed by atoms with Gasteiger partial charge in [-0.3, -0.25) is 0 Å². The smallest absolute Gasteiger partial charge is 0.0932 e. The van der Waals surface area contributed by atoms with Gasteiger partial charge in [0.2, 0.25) is 0 Å². The van der Waals surface area contributed by atoms with E-state index in [0.29, 0.717) is 0 Å². The average Bonchev–Trinajstić information content (AvgIpc) is 2.70. The number of anilines is 1. The molecule has 0 fully saturated rings. The first-order valence-corrected chi connectivity index (χ1v) is 6.91. The highest BCUT2D eigenvalue weighted by Crippen LogP contribution is 2.31. The van der Waals surface area contributed by atoms with Gasteiger partial charge in [0, 0.05) is 4.88 Å². The fourth-order valence-electron chi connectivity index (χ4n) is 1.62. The van der Waals surface area contributed by atoms with Crippen LogP contribution in [0.4, 0.5) is 5.69 Å². The molecule has 1 atom stereocenters. The molecule has 0 aliphatic heterocycles. The van der Waals surface area contributed by atoms with Crippen molar-refractivity contribution >= 4 is 40.2 Å². The Morgan fingerprint density at radius 3 is 2.59 bits per heavy atom. The Kier molecular flexibility index (Phi) is 3.97.